The lowest BCUT2D eigenvalue weighted by Gasteiger charge is -2.18. The predicted molar refractivity (Wildman–Crippen MR) is 78.5 cm³/mol. The van der Waals surface area contributed by atoms with E-state index in [1.165, 1.54) is 0 Å². The van der Waals surface area contributed by atoms with Gasteiger partial charge in [0.1, 0.15) is 23.0 Å². The third-order valence-corrected chi connectivity index (χ3v) is 3.16. The van der Waals surface area contributed by atoms with Crippen LogP contribution in [0.4, 0.5) is 0 Å². The van der Waals surface area contributed by atoms with E-state index in [4.69, 9.17) is 13.9 Å². The molecule has 0 fully saturated rings. The standard InChI is InChI=1S/C16H21NO3/c1-5-17-16(15-7-6-11(2)20-15)12-8-13(18-3)10-14(9-12)19-4/h6-10,16-17H,5H2,1-4H3. The van der Waals surface area contributed by atoms with Crippen LogP contribution in [0, 0.1) is 6.92 Å². The number of benzene rings is 1. The van der Waals surface area contributed by atoms with Crippen LogP contribution in [0.25, 0.3) is 0 Å². The molecule has 0 saturated carbocycles. The van der Waals surface area contributed by atoms with Crippen LogP contribution >= 0.6 is 0 Å². The Bertz CT molecular complexity index is 540. The van der Waals surface area contributed by atoms with Crippen LogP contribution in [0.3, 0.4) is 0 Å². The molecule has 2 aromatic rings. The molecule has 1 atom stereocenters. The zero-order valence-electron chi connectivity index (χ0n) is 12.4. The second kappa shape index (κ2) is 6.48. The van der Waals surface area contributed by atoms with Gasteiger partial charge in [-0.1, -0.05) is 6.92 Å². The topological polar surface area (TPSA) is 43.6 Å². The van der Waals surface area contributed by atoms with Gasteiger partial charge in [-0.2, -0.15) is 0 Å². The molecular weight excluding hydrogens is 254 g/mol. The van der Waals surface area contributed by atoms with E-state index in [0.717, 1.165) is 35.1 Å². The van der Waals surface area contributed by atoms with Crippen molar-refractivity contribution in [3.63, 3.8) is 0 Å². The van der Waals surface area contributed by atoms with E-state index >= 15 is 0 Å². The molecule has 0 aliphatic heterocycles. The maximum Gasteiger partial charge on any atom is 0.125 e. The van der Waals surface area contributed by atoms with E-state index in [2.05, 4.69) is 12.2 Å². The maximum absolute atomic E-state index is 5.76. The average molecular weight is 275 g/mol. The molecule has 1 aromatic carbocycles. The highest BCUT2D eigenvalue weighted by Gasteiger charge is 2.18. The summed E-state index contributed by atoms with van der Waals surface area (Å²) in [5.41, 5.74) is 1.05. The molecule has 0 radical (unpaired) electrons. The van der Waals surface area contributed by atoms with Crippen LogP contribution in [0.1, 0.15) is 30.0 Å². The van der Waals surface area contributed by atoms with Crippen LogP contribution in [0.5, 0.6) is 11.5 Å². The molecule has 4 nitrogen and oxygen atoms in total. The van der Waals surface area contributed by atoms with Gasteiger partial charge in [0.25, 0.3) is 0 Å². The molecule has 0 spiro atoms. The molecule has 2 rings (SSSR count). The summed E-state index contributed by atoms with van der Waals surface area (Å²) < 4.78 is 16.4. The molecule has 1 N–H and O–H groups in total. The van der Waals surface area contributed by atoms with E-state index in [9.17, 15) is 0 Å². The van der Waals surface area contributed by atoms with E-state index in [1.54, 1.807) is 14.2 Å². The van der Waals surface area contributed by atoms with Crippen molar-refractivity contribution in [2.75, 3.05) is 20.8 Å². The molecule has 0 aliphatic carbocycles. The predicted octanol–water partition coefficient (Wildman–Crippen LogP) is 3.30. The molecule has 1 unspecified atom stereocenters. The van der Waals surface area contributed by atoms with E-state index in [0.29, 0.717) is 0 Å². The van der Waals surface area contributed by atoms with Crippen LogP contribution in [-0.2, 0) is 0 Å². The smallest absolute Gasteiger partial charge is 0.125 e. The van der Waals surface area contributed by atoms with Gasteiger partial charge < -0.3 is 19.2 Å². The lowest BCUT2D eigenvalue weighted by molar-refractivity contribution is 0.389. The molecule has 0 aliphatic rings. The van der Waals surface area contributed by atoms with Crippen molar-refractivity contribution < 1.29 is 13.9 Å². The maximum atomic E-state index is 5.76. The minimum atomic E-state index is -0.0160. The Morgan fingerprint density at radius 2 is 1.75 bits per heavy atom. The summed E-state index contributed by atoms with van der Waals surface area (Å²) in [5.74, 6) is 3.33. The van der Waals surface area contributed by atoms with E-state index in [1.807, 2.05) is 37.3 Å². The van der Waals surface area contributed by atoms with Crippen LogP contribution in [0.2, 0.25) is 0 Å². The van der Waals surface area contributed by atoms with Gasteiger partial charge in [-0.15, -0.1) is 0 Å². The van der Waals surface area contributed by atoms with Gasteiger partial charge in [0, 0.05) is 6.07 Å². The van der Waals surface area contributed by atoms with Crippen LogP contribution in [0.15, 0.2) is 34.7 Å². The number of methoxy groups -OCH3 is 2. The number of furan rings is 1. The minimum absolute atomic E-state index is 0.0160. The summed E-state index contributed by atoms with van der Waals surface area (Å²) in [5, 5.41) is 3.43. The number of hydrogen-bond acceptors (Lipinski definition) is 4. The number of rotatable bonds is 6. The average Bonchev–Trinajstić information content (AvgIpc) is 2.90. The van der Waals surface area contributed by atoms with Crippen LogP contribution < -0.4 is 14.8 Å². The summed E-state index contributed by atoms with van der Waals surface area (Å²) >= 11 is 0. The molecule has 108 valence electrons. The van der Waals surface area contributed by atoms with Crippen molar-refractivity contribution in [1.82, 2.24) is 5.32 Å². The lowest BCUT2D eigenvalue weighted by Crippen LogP contribution is -2.21. The molecule has 4 heteroatoms. The second-order valence-electron chi connectivity index (χ2n) is 4.59. The second-order valence-corrected chi connectivity index (χ2v) is 4.59. The van der Waals surface area contributed by atoms with Gasteiger partial charge in [-0.3, -0.25) is 0 Å². The van der Waals surface area contributed by atoms with Crippen LogP contribution in [-0.4, -0.2) is 20.8 Å². The summed E-state index contributed by atoms with van der Waals surface area (Å²) in [6, 6.07) is 9.80. The first kappa shape index (κ1) is 14.5. The molecule has 20 heavy (non-hydrogen) atoms. The van der Waals surface area contributed by atoms with E-state index < -0.39 is 0 Å². The van der Waals surface area contributed by atoms with Gasteiger partial charge in [0.05, 0.1) is 20.3 Å². The summed E-state index contributed by atoms with van der Waals surface area (Å²) in [6.07, 6.45) is 0. The molecule has 0 amide bonds. The number of ether oxygens (including phenoxy) is 2. The third kappa shape index (κ3) is 3.14. The van der Waals surface area contributed by atoms with Crippen molar-refractivity contribution in [2.45, 2.75) is 19.9 Å². The van der Waals surface area contributed by atoms with Gasteiger partial charge in [-0.05, 0) is 43.3 Å². The van der Waals surface area contributed by atoms with Gasteiger partial charge in [0.15, 0.2) is 0 Å². The Labute approximate surface area is 119 Å². The Hall–Kier alpha value is -1.94. The Kier molecular flexibility index (Phi) is 4.69. The molecular formula is C16H21NO3. The summed E-state index contributed by atoms with van der Waals surface area (Å²) in [4.78, 5) is 0. The summed E-state index contributed by atoms with van der Waals surface area (Å²) in [6.45, 7) is 4.85. The van der Waals surface area contributed by atoms with E-state index in [-0.39, 0.29) is 6.04 Å². The fourth-order valence-corrected chi connectivity index (χ4v) is 2.19. The lowest BCUT2D eigenvalue weighted by atomic mass is 10.0. The highest BCUT2D eigenvalue weighted by molar-refractivity contribution is 5.42. The SMILES string of the molecule is CCNC(c1cc(OC)cc(OC)c1)c1ccc(C)o1. The Morgan fingerprint density at radius 1 is 1.10 bits per heavy atom. The zero-order valence-corrected chi connectivity index (χ0v) is 12.4. The van der Waals surface area contributed by atoms with Crippen molar-refractivity contribution >= 4 is 0 Å². The van der Waals surface area contributed by atoms with Gasteiger partial charge in [-0.25, -0.2) is 0 Å². The molecule has 0 saturated heterocycles. The highest BCUT2D eigenvalue weighted by Crippen LogP contribution is 2.30. The first-order valence-corrected chi connectivity index (χ1v) is 6.70. The van der Waals surface area contributed by atoms with Crippen molar-refractivity contribution in [2.24, 2.45) is 0 Å². The molecule has 1 aromatic heterocycles. The van der Waals surface area contributed by atoms with Crippen molar-refractivity contribution in [1.29, 1.82) is 0 Å². The fourth-order valence-electron chi connectivity index (χ4n) is 2.19. The fraction of sp³-hybridized carbons (Fsp3) is 0.375. The van der Waals surface area contributed by atoms with Crippen molar-refractivity contribution in [3.8, 4) is 11.5 Å². The van der Waals surface area contributed by atoms with Crippen molar-refractivity contribution in [3.05, 3.63) is 47.4 Å². The number of nitrogens with one attached hydrogen (secondary N) is 1. The normalized spacial score (nSPS) is 12.2. The largest absolute Gasteiger partial charge is 0.497 e. The minimum Gasteiger partial charge on any atom is -0.497 e. The molecule has 1 heterocycles. The number of aryl methyl sites for hydroxylation is 1. The Balaban J connectivity index is 2.42. The highest BCUT2D eigenvalue weighted by atomic mass is 16.5. The first-order valence-electron chi connectivity index (χ1n) is 6.70. The van der Waals surface area contributed by atoms with Gasteiger partial charge >= 0.3 is 0 Å². The quantitative estimate of drug-likeness (QED) is 0.878. The van der Waals surface area contributed by atoms with Gasteiger partial charge in [0.2, 0.25) is 0 Å². The number of hydrogen-bond donors (Lipinski definition) is 1. The third-order valence-electron chi connectivity index (χ3n) is 3.16. The monoisotopic (exact) mass is 275 g/mol. The first-order chi connectivity index (χ1) is 9.67. The zero-order chi connectivity index (χ0) is 14.5. The Morgan fingerprint density at radius 3 is 2.20 bits per heavy atom. The summed E-state index contributed by atoms with van der Waals surface area (Å²) in [7, 11) is 3.30. The molecule has 0 bridgehead atoms.